The molecule has 1 unspecified atom stereocenters. The Balaban J connectivity index is 1.91. The fraction of sp³-hybridized carbons (Fsp3) is 0.700. The van der Waals surface area contributed by atoms with Crippen molar-refractivity contribution in [2.45, 2.75) is 76.6 Å². The van der Waals surface area contributed by atoms with E-state index in [0.717, 1.165) is 19.3 Å². The summed E-state index contributed by atoms with van der Waals surface area (Å²) < 4.78 is 5.70. The van der Waals surface area contributed by atoms with E-state index in [2.05, 4.69) is 6.92 Å². The molecule has 6 heteroatoms. The number of hydrogen-bond acceptors (Lipinski definition) is 5. The maximum atomic E-state index is 12.2. The number of carboxylic acid groups (broad SMARTS) is 1. The minimum absolute atomic E-state index is 0.107. The third-order valence-corrected chi connectivity index (χ3v) is 5.16. The van der Waals surface area contributed by atoms with Gasteiger partial charge < -0.3 is 20.1 Å². The number of ether oxygens (including phenoxy) is 1. The van der Waals surface area contributed by atoms with Crippen molar-refractivity contribution in [2.75, 3.05) is 0 Å². The van der Waals surface area contributed by atoms with Crippen LogP contribution in [0.2, 0.25) is 0 Å². The number of Topliss-reactive ketones (excluding diaryl/α,β-unsaturated/α-hetero) is 1. The Kier molecular flexibility index (Phi) is 7.85. The first-order valence-corrected chi connectivity index (χ1v) is 9.59. The minimum atomic E-state index is -1.09. The van der Waals surface area contributed by atoms with E-state index in [9.17, 15) is 19.8 Å². The van der Waals surface area contributed by atoms with Crippen LogP contribution in [0.1, 0.15) is 58.3 Å². The second-order valence-corrected chi connectivity index (χ2v) is 7.24. The predicted molar refractivity (Wildman–Crippen MR) is 96.3 cm³/mol. The van der Waals surface area contributed by atoms with E-state index >= 15 is 0 Å². The average Bonchev–Trinajstić information content (AvgIpc) is 3.10. The number of rotatable bonds is 10. The molecular formula is C20H30O6. The van der Waals surface area contributed by atoms with Crippen LogP contribution in [0, 0.1) is 11.8 Å². The van der Waals surface area contributed by atoms with Gasteiger partial charge in [-0.15, -0.1) is 0 Å². The van der Waals surface area contributed by atoms with E-state index < -0.39 is 24.3 Å². The molecule has 0 bridgehead atoms. The molecule has 2 aliphatic rings. The molecule has 1 heterocycles. The van der Waals surface area contributed by atoms with Crippen LogP contribution in [-0.4, -0.2) is 45.4 Å². The maximum Gasteiger partial charge on any atom is 0.303 e. The standard InChI is InChI=1S/C20H30O6/c1-2-3-4-7-13(21)10-11-15-16-12-14(8-5-6-9-17(22)23)26-20(16)19(25)18(15)24/h8,10-11,13,15-16,18,20-21,24H,2-7,9,12H2,1H3,(H,22,23)/b11-10+,14-8+/t13-,15?,16+,18-,20+/m0/s1. The number of carboxylic acids is 1. The van der Waals surface area contributed by atoms with Crippen LogP contribution in [0.3, 0.4) is 0 Å². The van der Waals surface area contributed by atoms with Crippen molar-refractivity contribution in [1.29, 1.82) is 0 Å². The Labute approximate surface area is 154 Å². The van der Waals surface area contributed by atoms with Gasteiger partial charge in [0, 0.05) is 24.7 Å². The molecule has 1 aliphatic carbocycles. The molecule has 1 saturated carbocycles. The summed E-state index contributed by atoms with van der Waals surface area (Å²) in [5, 5.41) is 28.9. The van der Waals surface area contributed by atoms with Gasteiger partial charge in [0.1, 0.15) is 6.10 Å². The number of carbonyl (C=O) groups excluding carboxylic acids is 1. The third kappa shape index (κ3) is 5.42. The molecule has 5 atom stereocenters. The average molecular weight is 366 g/mol. The van der Waals surface area contributed by atoms with Crippen molar-refractivity contribution < 1.29 is 29.6 Å². The normalized spacial score (nSPS) is 30.7. The Bertz CT molecular complexity index is 553. The van der Waals surface area contributed by atoms with Crippen LogP contribution in [0.4, 0.5) is 0 Å². The lowest BCUT2D eigenvalue weighted by atomic mass is 9.90. The fourth-order valence-corrected chi connectivity index (χ4v) is 3.69. The molecule has 3 N–H and O–H groups in total. The van der Waals surface area contributed by atoms with E-state index in [1.807, 2.05) is 6.08 Å². The molecule has 0 aromatic carbocycles. The number of aliphatic hydroxyl groups excluding tert-OH is 2. The maximum absolute atomic E-state index is 12.2. The molecule has 0 radical (unpaired) electrons. The van der Waals surface area contributed by atoms with Gasteiger partial charge >= 0.3 is 5.97 Å². The smallest absolute Gasteiger partial charge is 0.303 e. The monoisotopic (exact) mass is 366 g/mol. The number of aliphatic hydroxyl groups is 2. The van der Waals surface area contributed by atoms with E-state index in [1.165, 1.54) is 0 Å². The van der Waals surface area contributed by atoms with Gasteiger partial charge in [0.2, 0.25) is 5.78 Å². The number of aliphatic carboxylic acids is 1. The van der Waals surface area contributed by atoms with Gasteiger partial charge in [-0.05, 0) is 25.3 Å². The number of carbonyl (C=O) groups is 2. The van der Waals surface area contributed by atoms with Crippen molar-refractivity contribution in [1.82, 2.24) is 0 Å². The fourth-order valence-electron chi connectivity index (χ4n) is 3.69. The number of allylic oxidation sites excluding steroid dienone is 2. The minimum Gasteiger partial charge on any atom is -0.487 e. The first kappa shape index (κ1) is 20.6. The summed E-state index contributed by atoms with van der Waals surface area (Å²) in [6.45, 7) is 2.11. The van der Waals surface area contributed by atoms with Crippen LogP contribution in [0.25, 0.3) is 0 Å². The summed E-state index contributed by atoms with van der Waals surface area (Å²) in [5.74, 6) is -0.902. The van der Waals surface area contributed by atoms with Gasteiger partial charge in [0.05, 0.1) is 11.9 Å². The van der Waals surface area contributed by atoms with Gasteiger partial charge in [-0.3, -0.25) is 9.59 Å². The van der Waals surface area contributed by atoms with Crippen molar-refractivity contribution in [3.8, 4) is 0 Å². The highest BCUT2D eigenvalue weighted by Gasteiger charge is 2.53. The Morgan fingerprint density at radius 2 is 2.12 bits per heavy atom. The highest BCUT2D eigenvalue weighted by Crippen LogP contribution is 2.43. The summed E-state index contributed by atoms with van der Waals surface area (Å²) in [6, 6.07) is 0. The van der Waals surface area contributed by atoms with Crippen molar-refractivity contribution in [2.24, 2.45) is 11.8 Å². The predicted octanol–water partition coefficient (Wildman–Crippen LogP) is 2.59. The third-order valence-electron chi connectivity index (χ3n) is 5.16. The Hall–Kier alpha value is -1.66. The van der Waals surface area contributed by atoms with Crippen LogP contribution < -0.4 is 0 Å². The van der Waals surface area contributed by atoms with Crippen molar-refractivity contribution in [3.05, 3.63) is 24.0 Å². The molecule has 0 aromatic heterocycles. The highest BCUT2D eigenvalue weighted by molar-refractivity contribution is 5.91. The van der Waals surface area contributed by atoms with Crippen LogP contribution in [0.5, 0.6) is 0 Å². The number of ketones is 1. The second-order valence-electron chi connectivity index (χ2n) is 7.24. The zero-order valence-corrected chi connectivity index (χ0v) is 15.3. The van der Waals surface area contributed by atoms with E-state index in [0.29, 0.717) is 31.4 Å². The van der Waals surface area contributed by atoms with Crippen LogP contribution >= 0.6 is 0 Å². The molecule has 2 fully saturated rings. The van der Waals surface area contributed by atoms with Gasteiger partial charge in [-0.25, -0.2) is 0 Å². The molecule has 0 amide bonds. The lowest BCUT2D eigenvalue weighted by molar-refractivity contribution is -0.137. The van der Waals surface area contributed by atoms with E-state index in [4.69, 9.17) is 9.84 Å². The van der Waals surface area contributed by atoms with Crippen LogP contribution in [-0.2, 0) is 14.3 Å². The number of unbranched alkanes of at least 4 members (excludes halogenated alkanes) is 3. The van der Waals surface area contributed by atoms with E-state index in [1.54, 1.807) is 12.2 Å². The van der Waals surface area contributed by atoms with Gasteiger partial charge in [-0.1, -0.05) is 38.3 Å². The topological polar surface area (TPSA) is 104 Å². The van der Waals surface area contributed by atoms with Crippen molar-refractivity contribution in [3.63, 3.8) is 0 Å². The van der Waals surface area contributed by atoms with Crippen molar-refractivity contribution >= 4 is 11.8 Å². The molecule has 0 spiro atoms. The first-order valence-electron chi connectivity index (χ1n) is 9.59. The zero-order chi connectivity index (χ0) is 19.1. The first-order chi connectivity index (χ1) is 12.4. The molecule has 6 nitrogen and oxygen atoms in total. The summed E-state index contributed by atoms with van der Waals surface area (Å²) in [7, 11) is 0. The SMILES string of the molecule is CCCCC[C@H](O)/C=C/C1[C@H](O)C(=O)[C@@H]2O/C(=C/CCCC(=O)O)C[C@H]12. The largest absolute Gasteiger partial charge is 0.487 e. The van der Waals surface area contributed by atoms with Gasteiger partial charge in [0.25, 0.3) is 0 Å². The summed E-state index contributed by atoms with van der Waals surface area (Å²) in [6.07, 6.45) is 8.60. The molecule has 1 aliphatic heterocycles. The van der Waals surface area contributed by atoms with E-state index in [-0.39, 0.29) is 24.0 Å². The second kappa shape index (κ2) is 9.88. The Morgan fingerprint density at radius 3 is 2.81 bits per heavy atom. The number of fused-ring (bicyclic) bond motifs is 1. The number of hydrogen-bond donors (Lipinski definition) is 3. The quantitative estimate of drug-likeness (QED) is 0.405. The lowest BCUT2D eigenvalue weighted by Gasteiger charge is -2.14. The lowest BCUT2D eigenvalue weighted by Crippen LogP contribution is -2.25. The van der Waals surface area contributed by atoms with Gasteiger partial charge in [0.15, 0.2) is 6.10 Å². The molecule has 2 rings (SSSR count). The molecule has 146 valence electrons. The Morgan fingerprint density at radius 1 is 1.35 bits per heavy atom. The summed E-state index contributed by atoms with van der Waals surface area (Å²) in [4.78, 5) is 22.8. The molecular weight excluding hydrogens is 336 g/mol. The van der Waals surface area contributed by atoms with Crippen LogP contribution in [0.15, 0.2) is 24.0 Å². The zero-order valence-electron chi connectivity index (χ0n) is 15.3. The summed E-state index contributed by atoms with van der Waals surface area (Å²) in [5.41, 5.74) is 0. The molecule has 26 heavy (non-hydrogen) atoms. The summed E-state index contributed by atoms with van der Waals surface area (Å²) >= 11 is 0. The van der Waals surface area contributed by atoms with Gasteiger partial charge in [-0.2, -0.15) is 0 Å². The molecule has 1 saturated heterocycles. The molecule has 0 aromatic rings. The highest BCUT2D eigenvalue weighted by atomic mass is 16.5.